The van der Waals surface area contributed by atoms with Gasteiger partial charge in [-0.25, -0.2) is 4.39 Å². The first-order valence-electron chi connectivity index (χ1n) is 13.5. The number of rotatable bonds is 11. The van der Waals surface area contributed by atoms with Crippen molar-refractivity contribution in [2.24, 2.45) is 0 Å². The lowest BCUT2D eigenvalue weighted by Crippen LogP contribution is -2.38. The lowest BCUT2D eigenvalue weighted by atomic mass is 9.94. The Morgan fingerprint density at radius 2 is 1.49 bits per heavy atom. The molecule has 1 unspecified atom stereocenters. The molecule has 41 heavy (non-hydrogen) atoms. The lowest BCUT2D eigenvalue weighted by molar-refractivity contribution is -0.142. The first-order chi connectivity index (χ1) is 19.6. The highest BCUT2D eigenvalue weighted by atomic mass is 19.1. The molecule has 1 aromatic heterocycles. The van der Waals surface area contributed by atoms with Gasteiger partial charge in [-0.2, -0.15) is 0 Å². The summed E-state index contributed by atoms with van der Waals surface area (Å²) in [5, 5.41) is 24.4. The number of nitrogens with one attached hydrogen (secondary N) is 1. The van der Waals surface area contributed by atoms with Gasteiger partial charge in [0.15, 0.2) is 0 Å². The first kappa shape index (κ1) is 29.4. The fourth-order valence-corrected chi connectivity index (χ4v) is 5.19. The fraction of sp³-hybridized carbons (Fsp3) is 0.242. The van der Waals surface area contributed by atoms with Gasteiger partial charge >= 0.3 is 5.97 Å². The van der Waals surface area contributed by atoms with Gasteiger partial charge in [-0.15, -0.1) is 0 Å². The van der Waals surface area contributed by atoms with Crippen LogP contribution in [0.1, 0.15) is 62.0 Å². The second-order valence-electron chi connectivity index (χ2n) is 10.3. The monoisotopic (exact) mass is 556 g/mol. The average molecular weight is 557 g/mol. The molecule has 0 fully saturated rings. The normalized spacial score (nSPS) is 12.6. The molecule has 4 aromatic rings. The number of ketones is 1. The van der Waals surface area contributed by atoms with Gasteiger partial charge in [0, 0.05) is 16.9 Å². The molecule has 0 saturated heterocycles. The molecule has 7 nitrogen and oxygen atoms in total. The van der Waals surface area contributed by atoms with Crippen molar-refractivity contribution in [3.05, 3.63) is 102 Å². The number of hydrogen-bond acceptors (Lipinski definition) is 4. The number of para-hydroxylation sites is 1. The number of amides is 1. The highest BCUT2D eigenvalue weighted by Gasteiger charge is 2.40. The highest BCUT2D eigenvalue weighted by molar-refractivity contribution is 6.12. The van der Waals surface area contributed by atoms with Gasteiger partial charge in [0.05, 0.1) is 17.7 Å². The van der Waals surface area contributed by atoms with E-state index in [9.17, 15) is 29.0 Å². The van der Waals surface area contributed by atoms with Crippen LogP contribution in [-0.2, 0) is 15.3 Å². The Hall–Kier alpha value is -4.56. The molecule has 1 heterocycles. The quantitative estimate of drug-likeness (QED) is 0.176. The minimum Gasteiger partial charge on any atom is -0.481 e. The van der Waals surface area contributed by atoms with E-state index in [0.29, 0.717) is 39.3 Å². The summed E-state index contributed by atoms with van der Waals surface area (Å²) in [6.07, 6.45) is -1.21. The SMILES string of the molecule is CCC(O)(CC(=O)CC(=O)O)n1c(-c2ccc(F)cc2)c(-c2ccccc2)c(C(=O)Nc2ccccc2)c1C(C)C. The van der Waals surface area contributed by atoms with Crippen LogP contribution in [0, 0.1) is 5.82 Å². The van der Waals surface area contributed by atoms with Crippen molar-refractivity contribution in [1.29, 1.82) is 0 Å². The van der Waals surface area contributed by atoms with Crippen LogP contribution < -0.4 is 5.32 Å². The maximum absolute atomic E-state index is 14.2. The summed E-state index contributed by atoms with van der Waals surface area (Å²) in [7, 11) is 0. The van der Waals surface area contributed by atoms with Crippen LogP contribution in [0.15, 0.2) is 84.9 Å². The molecule has 0 bridgehead atoms. The summed E-state index contributed by atoms with van der Waals surface area (Å²) in [6, 6.07) is 23.9. The third-order valence-corrected chi connectivity index (χ3v) is 7.00. The molecular weight excluding hydrogens is 523 g/mol. The van der Waals surface area contributed by atoms with Gasteiger partial charge in [0.2, 0.25) is 0 Å². The van der Waals surface area contributed by atoms with Crippen molar-refractivity contribution in [1.82, 2.24) is 4.57 Å². The van der Waals surface area contributed by atoms with Crippen LogP contribution in [0.25, 0.3) is 22.4 Å². The summed E-state index contributed by atoms with van der Waals surface area (Å²) in [5.41, 5.74) is 1.58. The summed E-state index contributed by atoms with van der Waals surface area (Å²) >= 11 is 0. The number of halogens is 1. The molecule has 0 radical (unpaired) electrons. The average Bonchev–Trinajstić information content (AvgIpc) is 3.31. The Morgan fingerprint density at radius 3 is 2.02 bits per heavy atom. The van der Waals surface area contributed by atoms with Gasteiger partial charge < -0.3 is 20.1 Å². The van der Waals surface area contributed by atoms with Crippen LogP contribution >= 0.6 is 0 Å². The van der Waals surface area contributed by atoms with Crippen LogP contribution in [0.5, 0.6) is 0 Å². The van der Waals surface area contributed by atoms with E-state index in [4.69, 9.17) is 0 Å². The van der Waals surface area contributed by atoms with Gasteiger partial charge in [0.25, 0.3) is 5.91 Å². The number of aromatic nitrogens is 1. The molecular formula is C33H33FN2O5. The third kappa shape index (κ3) is 6.28. The number of carboxylic acid groups (broad SMARTS) is 1. The molecule has 212 valence electrons. The highest BCUT2D eigenvalue weighted by Crippen LogP contribution is 2.46. The maximum Gasteiger partial charge on any atom is 0.310 e. The number of carboxylic acids is 1. The topological polar surface area (TPSA) is 109 Å². The molecule has 1 atom stereocenters. The molecule has 0 aliphatic heterocycles. The minimum atomic E-state index is -1.88. The molecule has 8 heteroatoms. The van der Waals surface area contributed by atoms with Crippen molar-refractivity contribution in [3.63, 3.8) is 0 Å². The zero-order valence-corrected chi connectivity index (χ0v) is 23.2. The van der Waals surface area contributed by atoms with E-state index in [1.807, 2.05) is 50.2 Å². The van der Waals surface area contributed by atoms with E-state index in [1.165, 1.54) is 12.1 Å². The van der Waals surface area contributed by atoms with E-state index in [1.54, 1.807) is 47.9 Å². The van der Waals surface area contributed by atoms with Crippen LogP contribution in [-0.4, -0.2) is 32.4 Å². The summed E-state index contributed by atoms with van der Waals surface area (Å²) in [5.74, 6) is -3.16. The predicted octanol–water partition coefficient (Wildman–Crippen LogP) is 6.83. The zero-order chi connectivity index (χ0) is 29.7. The number of anilines is 1. The third-order valence-electron chi connectivity index (χ3n) is 7.00. The molecule has 1 amide bonds. The van der Waals surface area contributed by atoms with Crippen molar-refractivity contribution in [2.75, 3.05) is 5.32 Å². The Bertz CT molecular complexity index is 1550. The predicted molar refractivity (Wildman–Crippen MR) is 156 cm³/mol. The number of nitrogens with zero attached hydrogens (tertiary/aromatic N) is 1. The van der Waals surface area contributed by atoms with Gasteiger partial charge in [-0.1, -0.05) is 69.3 Å². The molecule has 3 aromatic carbocycles. The molecule has 0 saturated carbocycles. The van der Waals surface area contributed by atoms with Gasteiger partial charge in [-0.05, 0) is 59.9 Å². The number of carbonyl (C=O) groups is 3. The summed E-state index contributed by atoms with van der Waals surface area (Å²) < 4.78 is 15.7. The van der Waals surface area contributed by atoms with E-state index in [2.05, 4.69) is 5.32 Å². The zero-order valence-electron chi connectivity index (χ0n) is 23.2. The molecule has 0 aliphatic rings. The largest absolute Gasteiger partial charge is 0.481 e. The maximum atomic E-state index is 14.2. The Balaban J connectivity index is 2.12. The Morgan fingerprint density at radius 1 is 0.902 bits per heavy atom. The molecule has 0 spiro atoms. The molecule has 0 aliphatic carbocycles. The van der Waals surface area contributed by atoms with Crippen molar-refractivity contribution >= 4 is 23.3 Å². The van der Waals surface area contributed by atoms with Crippen molar-refractivity contribution in [2.45, 2.75) is 51.7 Å². The van der Waals surface area contributed by atoms with Crippen molar-refractivity contribution in [3.8, 4) is 22.4 Å². The van der Waals surface area contributed by atoms with Crippen LogP contribution in [0.2, 0.25) is 0 Å². The van der Waals surface area contributed by atoms with Crippen LogP contribution in [0.3, 0.4) is 0 Å². The standard InChI is InChI=1S/C33H33FN2O5/c1-4-33(41,20-26(37)19-27(38)39)36-30(21(2)3)29(32(40)35-25-13-9-6-10-14-25)28(22-11-7-5-8-12-22)31(36)23-15-17-24(34)18-16-23/h5-18,21,41H,4,19-20H2,1-3H3,(H,35,40)(H,38,39). The Labute approximate surface area is 238 Å². The van der Waals surface area contributed by atoms with Gasteiger partial charge in [-0.3, -0.25) is 14.4 Å². The Kier molecular flexibility index (Phi) is 8.83. The van der Waals surface area contributed by atoms with Crippen molar-refractivity contribution < 1.29 is 29.0 Å². The van der Waals surface area contributed by atoms with Gasteiger partial charge in [0.1, 0.15) is 23.7 Å². The van der Waals surface area contributed by atoms with E-state index in [0.717, 1.165) is 0 Å². The fourth-order valence-electron chi connectivity index (χ4n) is 5.19. The number of aliphatic hydroxyl groups is 1. The number of aliphatic carboxylic acids is 1. The molecule has 4 rings (SSSR count). The second-order valence-corrected chi connectivity index (χ2v) is 10.3. The van der Waals surface area contributed by atoms with E-state index >= 15 is 0 Å². The number of benzene rings is 3. The lowest BCUT2D eigenvalue weighted by Gasteiger charge is -2.34. The first-order valence-corrected chi connectivity index (χ1v) is 13.5. The summed E-state index contributed by atoms with van der Waals surface area (Å²) in [4.78, 5) is 38.3. The second kappa shape index (κ2) is 12.3. The van der Waals surface area contributed by atoms with Crippen LogP contribution in [0.4, 0.5) is 10.1 Å². The number of carbonyl (C=O) groups excluding carboxylic acids is 2. The smallest absolute Gasteiger partial charge is 0.310 e. The van der Waals surface area contributed by atoms with E-state index < -0.39 is 42.0 Å². The summed E-state index contributed by atoms with van der Waals surface area (Å²) in [6.45, 7) is 5.45. The minimum absolute atomic E-state index is 0.0366. The number of Topliss-reactive ketones (excluding diaryl/α,β-unsaturated/α-hetero) is 1. The molecule has 3 N–H and O–H groups in total. The van der Waals surface area contributed by atoms with E-state index in [-0.39, 0.29) is 12.3 Å². The number of hydrogen-bond donors (Lipinski definition) is 3.